The molecule has 4 heterocycles. The Balaban J connectivity index is 1.74. The summed E-state index contributed by atoms with van der Waals surface area (Å²) in [7, 11) is 7.54. The molecular weight excluding hydrogens is 368 g/mol. The molecule has 0 N–H and O–H groups in total. The molecule has 2 aliphatic carbocycles. The van der Waals surface area contributed by atoms with Crippen molar-refractivity contribution in [3.8, 4) is 0 Å². The van der Waals surface area contributed by atoms with Crippen LogP contribution in [0.1, 0.15) is 25.7 Å². The summed E-state index contributed by atoms with van der Waals surface area (Å²) in [6.07, 6.45) is 6.06. The first kappa shape index (κ1) is 21.3. The van der Waals surface area contributed by atoms with Crippen LogP contribution < -0.4 is 0 Å². The predicted octanol–water partition coefficient (Wildman–Crippen LogP) is 3.58. The molecule has 4 saturated heterocycles. The van der Waals surface area contributed by atoms with Gasteiger partial charge in [0.2, 0.25) is 0 Å². The number of methoxy groups -OCH3 is 4. The monoisotopic (exact) mass is 404 g/mol. The lowest BCUT2D eigenvalue weighted by Gasteiger charge is -2.43. The topological polar surface area (TPSA) is 36.9 Å². The predicted molar refractivity (Wildman–Crippen MR) is 110 cm³/mol. The molecule has 0 spiro atoms. The molecule has 2 unspecified atom stereocenters. The first-order chi connectivity index (χ1) is 12.7. The first-order valence-corrected chi connectivity index (χ1v) is 12.3. The standard InChI is InChI=1S/C20H36O4S2/c1-21-17-5-14-10-26-12-16-8-19(23-3)15(7-20(16)24-4)11-25-9-13(17)6-18(14)22-2/h13-20H,5-12H2,1-4H3/t13-,14-,15-,16-,17-,18?,19-,20?/m0/s1. The van der Waals surface area contributed by atoms with E-state index in [1.807, 2.05) is 28.4 Å². The maximum atomic E-state index is 5.89. The average Bonchev–Trinajstić information content (AvgIpc) is 2.68. The molecule has 0 aromatic heterocycles. The lowest BCUT2D eigenvalue weighted by atomic mass is 9.79. The van der Waals surface area contributed by atoms with Gasteiger partial charge >= 0.3 is 0 Å². The van der Waals surface area contributed by atoms with Crippen LogP contribution in [0.2, 0.25) is 0 Å². The summed E-state index contributed by atoms with van der Waals surface area (Å²) in [6, 6.07) is 0. The van der Waals surface area contributed by atoms with Crippen molar-refractivity contribution < 1.29 is 18.9 Å². The third kappa shape index (κ3) is 4.93. The lowest BCUT2D eigenvalue weighted by molar-refractivity contribution is -0.0578. The van der Waals surface area contributed by atoms with Crippen LogP contribution >= 0.6 is 23.5 Å². The molecule has 2 saturated carbocycles. The summed E-state index contributed by atoms with van der Waals surface area (Å²) in [6.45, 7) is 0. The van der Waals surface area contributed by atoms with Crippen molar-refractivity contribution in [2.24, 2.45) is 23.7 Å². The third-order valence-corrected chi connectivity index (χ3v) is 9.44. The smallest absolute Gasteiger partial charge is 0.0612 e. The fourth-order valence-electron chi connectivity index (χ4n) is 5.17. The second-order valence-corrected chi connectivity index (χ2v) is 10.3. The summed E-state index contributed by atoms with van der Waals surface area (Å²) >= 11 is 4.16. The molecule has 0 aromatic rings. The van der Waals surface area contributed by atoms with Gasteiger partial charge < -0.3 is 18.9 Å². The number of rotatable bonds is 4. The molecule has 6 rings (SSSR count). The van der Waals surface area contributed by atoms with E-state index >= 15 is 0 Å². The van der Waals surface area contributed by atoms with Crippen LogP contribution in [-0.4, -0.2) is 75.9 Å². The quantitative estimate of drug-likeness (QED) is 0.713. The number of hydrogen-bond acceptors (Lipinski definition) is 6. The molecule has 8 atom stereocenters. The second-order valence-electron chi connectivity index (χ2n) is 8.15. The van der Waals surface area contributed by atoms with Crippen molar-refractivity contribution in [3.05, 3.63) is 0 Å². The molecule has 152 valence electrons. The Morgan fingerprint density at radius 1 is 0.462 bits per heavy atom. The Kier molecular flexibility index (Phi) is 8.46. The Morgan fingerprint density at radius 3 is 0.885 bits per heavy atom. The molecule has 4 aliphatic heterocycles. The minimum atomic E-state index is 0.379. The van der Waals surface area contributed by atoms with Crippen molar-refractivity contribution in [1.82, 2.24) is 0 Å². The highest BCUT2D eigenvalue weighted by molar-refractivity contribution is 7.99. The van der Waals surface area contributed by atoms with Gasteiger partial charge in [0, 0.05) is 28.4 Å². The summed E-state index contributed by atoms with van der Waals surface area (Å²) in [5.74, 6) is 7.01. The fraction of sp³-hybridized carbons (Fsp3) is 1.00. The van der Waals surface area contributed by atoms with Gasteiger partial charge in [0.1, 0.15) is 0 Å². The van der Waals surface area contributed by atoms with Crippen molar-refractivity contribution >= 4 is 23.5 Å². The van der Waals surface area contributed by atoms with Gasteiger partial charge in [0.05, 0.1) is 24.4 Å². The highest BCUT2D eigenvalue weighted by Crippen LogP contribution is 2.41. The van der Waals surface area contributed by atoms with Crippen molar-refractivity contribution in [1.29, 1.82) is 0 Å². The van der Waals surface area contributed by atoms with E-state index in [4.69, 9.17) is 18.9 Å². The Bertz CT molecular complexity index is 351. The Hall–Kier alpha value is 0.540. The molecule has 26 heavy (non-hydrogen) atoms. The van der Waals surface area contributed by atoms with Gasteiger partial charge in [-0.1, -0.05) is 0 Å². The van der Waals surface area contributed by atoms with Crippen LogP contribution in [0.3, 0.4) is 0 Å². The van der Waals surface area contributed by atoms with Crippen LogP contribution in [0.5, 0.6) is 0 Å². The SMILES string of the molecule is COC1C[C@H]2CSC[C@@H]3CC(OC)[C@H](CSC[C@@H]1C[C@@H]2OC)C[C@@H]3OC. The summed E-state index contributed by atoms with van der Waals surface area (Å²) < 4.78 is 23.6. The van der Waals surface area contributed by atoms with Crippen LogP contribution in [0.4, 0.5) is 0 Å². The second kappa shape index (κ2) is 10.4. The van der Waals surface area contributed by atoms with E-state index in [2.05, 4.69) is 23.5 Å². The highest BCUT2D eigenvalue weighted by Gasteiger charge is 2.41. The highest BCUT2D eigenvalue weighted by atomic mass is 32.2. The summed E-state index contributed by atoms with van der Waals surface area (Å²) in [5, 5.41) is 0. The zero-order chi connectivity index (χ0) is 18.5. The molecular formula is C20H36O4S2. The molecule has 6 aliphatic rings. The van der Waals surface area contributed by atoms with E-state index in [9.17, 15) is 0 Å². The van der Waals surface area contributed by atoms with E-state index in [0.29, 0.717) is 48.1 Å². The maximum absolute atomic E-state index is 5.89. The van der Waals surface area contributed by atoms with E-state index in [-0.39, 0.29) is 0 Å². The van der Waals surface area contributed by atoms with Gasteiger partial charge in [-0.05, 0) is 72.4 Å². The lowest BCUT2D eigenvalue weighted by Crippen LogP contribution is -2.45. The van der Waals surface area contributed by atoms with E-state index in [1.165, 1.54) is 0 Å². The van der Waals surface area contributed by atoms with Gasteiger partial charge in [-0.25, -0.2) is 0 Å². The Morgan fingerprint density at radius 2 is 0.692 bits per heavy atom. The minimum absolute atomic E-state index is 0.379. The van der Waals surface area contributed by atoms with Gasteiger partial charge in [0.25, 0.3) is 0 Å². The first-order valence-electron chi connectivity index (χ1n) is 9.96. The average molecular weight is 405 g/mol. The third-order valence-electron chi connectivity index (χ3n) is 6.78. The van der Waals surface area contributed by atoms with Gasteiger partial charge in [-0.2, -0.15) is 23.5 Å². The van der Waals surface area contributed by atoms with Crippen LogP contribution in [0.15, 0.2) is 0 Å². The zero-order valence-electron chi connectivity index (χ0n) is 16.7. The molecule has 4 nitrogen and oxygen atoms in total. The number of hydrogen-bond donors (Lipinski definition) is 0. The normalized spacial score (nSPS) is 44.8. The summed E-state index contributed by atoms with van der Waals surface area (Å²) in [4.78, 5) is 0. The van der Waals surface area contributed by atoms with Crippen LogP contribution in [0.25, 0.3) is 0 Å². The van der Waals surface area contributed by atoms with Crippen LogP contribution in [-0.2, 0) is 18.9 Å². The van der Waals surface area contributed by atoms with E-state index < -0.39 is 0 Å². The molecule has 0 aromatic carbocycles. The maximum Gasteiger partial charge on any atom is 0.0612 e. The van der Waals surface area contributed by atoms with E-state index in [0.717, 1.165) is 48.7 Å². The molecule has 6 heteroatoms. The number of thioether (sulfide) groups is 2. The zero-order valence-corrected chi connectivity index (χ0v) is 18.4. The van der Waals surface area contributed by atoms with Crippen molar-refractivity contribution in [2.75, 3.05) is 51.5 Å². The molecule has 6 fully saturated rings. The fourth-order valence-corrected chi connectivity index (χ4v) is 8.05. The van der Waals surface area contributed by atoms with Gasteiger partial charge in [-0.15, -0.1) is 0 Å². The van der Waals surface area contributed by atoms with Crippen LogP contribution in [0, 0.1) is 23.7 Å². The molecule has 0 radical (unpaired) electrons. The van der Waals surface area contributed by atoms with Crippen molar-refractivity contribution in [2.45, 2.75) is 50.1 Å². The molecule has 4 bridgehead atoms. The summed E-state index contributed by atoms with van der Waals surface area (Å²) in [5.41, 5.74) is 0. The Labute approximate surface area is 167 Å². The van der Waals surface area contributed by atoms with Gasteiger partial charge in [-0.3, -0.25) is 0 Å². The minimum Gasteiger partial charge on any atom is -0.381 e. The van der Waals surface area contributed by atoms with Gasteiger partial charge in [0.15, 0.2) is 0 Å². The van der Waals surface area contributed by atoms with E-state index in [1.54, 1.807) is 0 Å². The molecule has 0 amide bonds. The number of ether oxygens (including phenoxy) is 4. The largest absolute Gasteiger partial charge is 0.381 e. The van der Waals surface area contributed by atoms with Crippen molar-refractivity contribution in [3.63, 3.8) is 0 Å².